The van der Waals surface area contributed by atoms with Gasteiger partial charge in [-0.2, -0.15) is 0 Å². The van der Waals surface area contributed by atoms with Crippen molar-refractivity contribution in [2.24, 2.45) is 0 Å². The van der Waals surface area contributed by atoms with Crippen LogP contribution in [-0.2, 0) is 6.54 Å². The summed E-state index contributed by atoms with van der Waals surface area (Å²) in [5.74, 6) is 0.732. The first kappa shape index (κ1) is 16.4. The van der Waals surface area contributed by atoms with Crippen LogP contribution in [0.1, 0.15) is 18.9 Å². The van der Waals surface area contributed by atoms with Gasteiger partial charge in [-0.25, -0.2) is 4.98 Å². The van der Waals surface area contributed by atoms with E-state index >= 15 is 0 Å². The van der Waals surface area contributed by atoms with Gasteiger partial charge in [-0.05, 0) is 36.7 Å². The third kappa shape index (κ3) is 4.75. The number of aromatic nitrogens is 1. The van der Waals surface area contributed by atoms with Gasteiger partial charge in [0, 0.05) is 23.8 Å². The molecule has 0 radical (unpaired) electrons. The normalized spacial score (nSPS) is 10.7. The monoisotopic (exact) mass is 344 g/mol. The lowest BCUT2D eigenvalue weighted by molar-refractivity contribution is 0.463. The molecule has 0 saturated carbocycles. The molecule has 0 bridgehead atoms. The summed E-state index contributed by atoms with van der Waals surface area (Å²) in [5.41, 5.74) is 0.998. The summed E-state index contributed by atoms with van der Waals surface area (Å²) < 4.78 is 5.62. The van der Waals surface area contributed by atoms with Crippen LogP contribution >= 0.6 is 34.8 Å². The molecule has 0 unspecified atom stereocenters. The number of nitrogens with zero attached hydrogens (tertiary/aromatic N) is 1. The molecule has 0 amide bonds. The van der Waals surface area contributed by atoms with Crippen molar-refractivity contribution in [3.63, 3.8) is 0 Å². The lowest BCUT2D eigenvalue weighted by Crippen LogP contribution is -2.13. The molecule has 1 aromatic carbocycles. The fourth-order valence-corrected chi connectivity index (χ4v) is 2.25. The maximum atomic E-state index is 6.19. The predicted octanol–water partition coefficient (Wildman–Crippen LogP) is 5.33. The lowest BCUT2D eigenvalue weighted by atomic mass is 10.3. The molecule has 0 aliphatic carbocycles. The molecule has 1 heterocycles. The van der Waals surface area contributed by atoms with Gasteiger partial charge in [0.25, 0.3) is 0 Å². The minimum absolute atomic E-state index is 0.306. The lowest BCUT2D eigenvalue weighted by Gasteiger charge is -2.10. The van der Waals surface area contributed by atoms with E-state index in [-0.39, 0.29) is 0 Å². The van der Waals surface area contributed by atoms with Crippen LogP contribution in [0, 0.1) is 0 Å². The molecule has 0 atom stereocenters. The van der Waals surface area contributed by atoms with E-state index in [1.54, 1.807) is 24.4 Å². The molecule has 2 aromatic rings. The number of halogens is 3. The van der Waals surface area contributed by atoms with Crippen molar-refractivity contribution in [2.45, 2.75) is 19.9 Å². The molecule has 6 heteroatoms. The van der Waals surface area contributed by atoms with Gasteiger partial charge >= 0.3 is 0 Å². The Morgan fingerprint density at radius 3 is 2.67 bits per heavy atom. The van der Waals surface area contributed by atoms with E-state index in [9.17, 15) is 0 Å². The van der Waals surface area contributed by atoms with Crippen molar-refractivity contribution in [2.75, 3.05) is 6.54 Å². The van der Waals surface area contributed by atoms with E-state index in [1.807, 2.05) is 6.07 Å². The van der Waals surface area contributed by atoms with Crippen LogP contribution in [0.3, 0.4) is 0 Å². The second kappa shape index (κ2) is 7.85. The highest BCUT2D eigenvalue weighted by Crippen LogP contribution is 2.34. The highest BCUT2D eigenvalue weighted by atomic mass is 35.5. The van der Waals surface area contributed by atoms with Gasteiger partial charge in [-0.3, -0.25) is 0 Å². The van der Waals surface area contributed by atoms with Gasteiger partial charge in [-0.1, -0.05) is 41.7 Å². The molecule has 1 N–H and O–H groups in total. The van der Waals surface area contributed by atoms with E-state index in [1.165, 1.54) is 0 Å². The quantitative estimate of drug-likeness (QED) is 0.718. The molecule has 2 rings (SSSR count). The number of nitrogens with one attached hydrogen (secondary N) is 1. The molecule has 0 saturated heterocycles. The van der Waals surface area contributed by atoms with Gasteiger partial charge in [-0.15, -0.1) is 0 Å². The van der Waals surface area contributed by atoms with Crippen molar-refractivity contribution in [1.29, 1.82) is 0 Å². The second-order valence-corrected chi connectivity index (χ2v) is 5.73. The molecule has 0 spiro atoms. The predicted molar refractivity (Wildman–Crippen MR) is 87.8 cm³/mol. The SMILES string of the molecule is CCCNCc1cnc(Oc2cc(Cl)ccc2Cl)c(Cl)c1. The minimum atomic E-state index is 0.306. The van der Waals surface area contributed by atoms with E-state index in [0.29, 0.717) is 26.7 Å². The third-order valence-corrected chi connectivity index (χ3v) is 3.54. The Kier molecular flexibility index (Phi) is 6.12. The average molecular weight is 346 g/mol. The van der Waals surface area contributed by atoms with Gasteiger partial charge in [0.15, 0.2) is 0 Å². The number of ether oxygens (including phenoxy) is 1. The summed E-state index contributed by atoms with van der Waals surface area (Å²) in [6, 6.07) is 6.80. The van der Waals surface area contributed by atoms with E-state index < -0.39 is 0 Å². The van der Waals surface area contributed by atoms with Crippen molar-refractivity contribution in [3.8, 4) is 11.6 Å². The van der Waals surface area contributed by atoms with E-state index in [0.717, 1.165) is 25.1 Å². The molecule has 3 nitrogen and oxygen atoms in total. The first-order chi connectivity index (χ1) is 10.1. The van der Waals surface area contributed by atoms with Crippen LogP contribution in [0.5, 0.6) is 11.6 Å². The summed E-state index contributed by atoms with van der Waals surface area (Å²) in [4.78, 5) is 4.23. The third-order valence-electron chi connectivity index (χ3n) is 2.72. The Morgan fingerprint density at radius 1 is 1.14 bits per heavy atom. The van der Waals surface area contributed by atoms with Crippen LogP contribution in [0.4, 0.5) is 0 Å². The molecule has 0 aliphatic heterocycles. The van der Waals surface area contributed by atoms with Crippen molar-refractivity contribution in [3.05, 3.63) is 51.1 Å². The molecular formula is C15H15Cl3N2O. The van der Waals surface area contributed by atoms with Gasteiger partial charge in [0.05, 0.1) is 5.02 Å². The van der Waals surface area contributed by atoms with Gasteiger partial charge in [0.1, 0.15) is 10.8 Å². The standard InChI is InChI=1S/C15H15Cl3N2O/c1-2-5-19-8-10-6-13(18)15(20-9-10)21-14-7-11(16)3-4-12(14)17/h3-4,6-7,9,19H,2,5,8H2,1H3. The number of pyridine rings is 1. The van der Waals surface area contributed by atoms with Crippen LogP contribution < -0.4 is 10.1 Å². The fourth-order valence-electron chi connectivity index (χ4n) is 1.71. The largest absolute Gasteiger partial charge is 0.436 e. The summed E-state index contributed by atoms with van der Waals surface area (Å²) in [6.07, 6.45) is 2.80. The van der Waals surface area contributed by atoms with Crippen molar-refractivity contribution < 1.29 is 4.74 Å². The van der Waals surface area contributed by atoms with E-state index in [2.05, 4.69) is 17.2 Å². The minimum Gasteiger partial charge on any atom is -0.436 e. The zero-order valence-corrected chi connectivity index (χ0v) is 13.8. The van der Waals surface area contributed by atoms with Crippen LogP contribution in [0.2, 0.25) is 15.1 Å². The summed E-state index contributed by atoms with van der Waals surface area (Å²) in [5, 5.41) is 4.70. The number of hydrogen-bond acceptors (Lipinski definition) is 3. The van der Waals surface area contributed by atoms with Crippen molar-refractivity contribution in [1.82, 2.24) is 10.3 Å². The Balaban J connectivity index is 2.12. The molecular weight excluding hydrogens is 331 g/mol. The van der Waals surface area contributed by atoms with Crippen LogP contribution in [0.25, 0.3) is 0 Å². The van der Waals surface area contributed by atoms with Crippen molar-refractivity contribution >= 4 is 34.8 Å². The number of benzene rings is 1. The number of hydrogen-bond donors (Lipinski definition) is 1. The first-order valence-electron chi connectivity index (χ1n) is 6.58. The van der Waals surface area contributed by atoms with Crippen LogP contribution in [0.15, 0.2) is 30.5 Å². The van der Waals surface area contributed by atoms with E-state index in [4.69, 9.17) is 39.5 Å². The zero-order chi connectivity index (χ0) is 15.2. The first-order valence-corrected chi connectivity index (χ1v) is 7.71. The summed E-state index contributed by atoms with van der Waals surface area (Å²) >= 11 is 18.2. The highest BCUT2D eigenvalue weighted by molar-refractivity contribution is 6.34. The highest BCUT2D eigenvalue weighted by Gasteiger charge is 2.09. The Bertz CT molecular complexity index is 620. The Hall–Kier alpha value is -1.000. The van der Waals surface area contributed by atoms with Gasteiger partial charge in [0.2, 0.25) is 5.88 Å². The zero-order valence-electron chi connectivity index (χ0n) is 11.5. The Morgan fingerprint density at radius 2 is 1.95 bits per heavy atom. The molecule has 21 heavy (non-hydrogen) atoms. The molecule has 1 aromatic heterocycles. The molecule has 0 fully saturated rings. The topological polar surface area (TPSA) is 34.2 Å². The summed E-state index contributed by atoms with van der Waals surface area (Å²) in [7, 11) is 0. The molecule has 112 valence electrons. The Labute approximate surface area is 139 Å². The summed E-state index contributed by atoms with van der Waals surface area (Å²) in [6.45, 7) is 3.79. The smallest absolute Gasteiger partial charge is 0.238 e. The second-order valence-electron chi connectivity index (χ2n) is 4.48. The van der Waals surface area contributed by atoms with Crippen LogP contribution in [-0.4, -0.2) is 11.5 Å². The number of rotatable bonds is 6. The van der Waals surface area contributed by atoms with Gasteiger partial charge < -0.3 is 10.1 Å². The maximum Gasteiger partial charge on any atom is 0.238 e. The maximum absolute atomic E-state index is 6.19. The average Bonchev–Trinajstić information content (AvgIpc) is 2.46. The fraction of sp³-hybridized carbons (Fsp3) is 0.267. The molecule has 0 aliphatic rings.